The topological polar surface area (TPSA) is 90.5 Å². The van der Waals surface area contributed by atoms with Crippen LogP contribution in [0.15, 0.2) is 24.3 Å². The monoisotopic (exact) mass is 356 g/mol. The lowest BCUT2D eigenvalue weighted by atomic mass is 9.94. The van der Waals surface area contributed by atoms with Gasteiger partial charge in [-0.15, -0.1) is 0 Å². The van der Waals surface area contributed by atoms with Gasteiger partial charge in [-0.25, -0.2) is 9.48 Å². The Labute approximate surface area is 152 Å². The average molecular weight is 356 g/mol. The summed E-state index contributed by atoms with van der Waals surface area (Å²) in [6.45, 7) is 2.50. The van der Waals surface area contributed by atoms with Crippen molar-refractivity contribution in [1.29, 1.82) is 0 Å². The lowest BCUT2D eigenvalue weighted by Crippen LogP contribution is -2.45. The Hall–Kier alpha value is -2.83. The van der Waals surface area contributed by atoms with Crippen LogP contribution in [0.5, 0.6) is 0 Å². The molecule has 7 heteroatoms. The molecule has 1 aromatic heterocycles. The molecular formula is C19H24N4O3. The lowest BCUT2D eigenvalue weighted by molar-refractivity contribution is -0.150. The number of esters is 1. The highest BCUT2D eigenvalue weighted by Gasteiger charge is 2.31. The first kappa shape index (κ1) is 18.0. The summed E-state index contributed by atoms with van der Waals surface area (Å²) in [5.41, 5.74) is 9.97. The van der Waals surface area contributed by atoms with Gasteiger partial charge >= 0.3 is 5.97 Å². The molecule has 1 atom stereocenters. The van der Waals surface area contributed by atoms with E-state index in [2.05, 4.69) is 12.0 Å². The summed E-state index contributed by atoms with van der Waals surface area (Å²) < 4.78 is 6.54. The van der Waals surface area contributed by atoms with Crippen molar-refractivity contribution >= 4 is 18.2 Å². The van der Waals surface area contributed by atoms with Crippen LogP contribution in [0.4, 0.5) is 5.82 Å². The number of rotatable bonds is 6. The minimum Gasteiger partial charge on any atom is -0.467 e. The number of nitrogens with zero attached hydrogens (tertiary/aromatic N) is 3. The molecule has 0 bridgehead atoms. The molecule has 1 unspecified atom stereocenters. The van der Waals surface area contributed by atoms with E-state index in [0.29, 0.717) is 25.2 Å². The third kappa shape index (κ3) is 3.42. The maximum Gasteiger partial charge on any atom is 0.328 e. The summed E-state index contributed by atoms with van der Waals surface area (Å²) in [7, 11) is 1.33. The molecule has 0 spiro atoms. The van der Waals surface area contributed by atoms with Gasteiger partial charge in [0.15, 0.2) is 0 Å². The molecule has 1 aliphatic rings. The van der Waals surface area contributed by atoms with Gasteiger partial charge in [0.2, 0.25) is 6.41 Å². The van der Waals surface area contributed by atoms with Crippen LogP contribution in [0.25, 0.3) is 5.69 Å². The second-order valence-electron chi connectivity index (χ2n) is 6.55. The molecule has 0 aliphatic carbocycles. The van der Waals surface area contributed by atoms with Gasteiger partial charge in [-0.1, -0.05) is 19.4 Å². The van der Waals surface area contributed by atoms with E-state index in [1.807, 2.05) is 24.3 Å². The number of methoxy groups -OCH3 is 1. The van der Waals surface area contributed by atoms with Crippen molar-refractivity contribution in [2.75, 3.05) is 12.8 Å². The predicted molar refractivity (Wildman–Crippen MR) is 97.7 cm³/mol. The Kier molecular flexibility index (Phi) is 5.25. The third-order valence-corrected chi connectivity index (χ3v) is 4.78. The van der Waals surface area contributed by atoms with E-state index in [9.17, 15) is 9.59 Å². The number of amides is 1. The summed E-state index contributed by atoms with van der Waals surface area (Å²) >= 11 is 0. The van der Waals surface area contributed by atoms with Crippen LogP contribution < -0.4 is 5.73 Å². The summed E-state index contributed by atoms with van der Waals surface area (Å²) in [4.78, 5) is 24.8. The number of ether oxygens (including phenoxy) is 1. The number of anilines is 1. The number of fused-ring (bicyclic) bond motifs is 1. The Morgan fingerprint density at radius 1 is 1.38 bits per heavy atom. The molecule has 0 fully saturated rings. The minimum atomic E-state index is -0.578. The van der Waals surface area contributed by atoms with Gasteiger partial charge < -0.3 is 15.4 Å². The predicted octanol–water partition coefficient (Wildman–Crippen LogP) is 1.85. The smallest absolute Gasteiger partial charge is 0.328 e. The third-order valence-electron chi connectivity index (χ3n) is 4.78. The maximum atomic E-state index is 11.9. The number of carbonyl (C=O) groups is 2. The molecule has 0 saturated carbocycles. The molecule has 1 aromatic carbocycles. The number of aryl methyl sites for hydroxylation is 1. The van der Waals surface area contributed by atoms with E-state index in [1.165, 1.54) is 12.0 Å². The normalized spacial score (nSPS) is 16.2. The fourth-order valence-corrected chi connectivity index (χ4v) is 3.32. The Bertz CT molecular complexity index is 815. The van der Waals surface area contributed by atoms with Gasteiger partial charge in [0.05, 0.1) is 18.5 Å². The molecule has 0 saturated heterocycles. The van der Waals surface area contributed by atoms with Crippen LogP contribution in [0.2, 0.25) is 0 Å². The molecule has 2 heterocycles. The van der Waals surface area contributed by atoms with Gasteiger partial charge in [0.25, 0.3) is 0 Å². The number of aromatic nitrogens is 2. The second kappa shape index (κ2) is 7.59. The number of carbonyl (C=O) groups excluding carboxylic acids is 2. The number of benzene rings is 1. The zero-order valence-corrected chi connectivity index (χ0v) is 15.1. The number of nitrogen functional groups attached to an aromatic ring is 1. The number of hydrogen-bond donors (Lipinski definition) is 1. The van der Waals surface area contributed by atoms with E-state index in [-0.39, 0.29) is 0 Å². The molecule has 138 valence electrons. The summed E-state index contributed by atoms with van der Waals surface area (Å²) in [6, 6.07) is 7.21. The quantitative estimate of drug-likeness (QED) is 0.630. The highest BCUT2D eigenvalue weighted by atomic mass is 16.5. The summed E-state index contributed by atoms with van der Waals surface area (Å²) in [6.07, 6.45) is 4.22. The van der Waals surface area contributed by atoms with Crippen molar-refractivity contribution in [2.24, 2.45) is 0 Å². The molecule has 1 amide bonds. The zero-order valence-electron chi connectivity index (χ0n) is 15.1. The van der Waals surface area contributed by atoms with Gasteiger partial charge in [-0.3, -0.25) is 4.79 Å². The second-order valence-corrected chi connectivity index (χ2v) is 6.55. The molecule has 1 aliphatic heterocycles. The first-order chi connectivity index (χ1) is 12.6. The first-order valence-corrected chi connectivity index (χ1v) is 8.82. The minimum absolute atomic E-state index is 0.357. The highest BCUT2D eigenvalue weighted by Crippen LogP contribution is 2.26. The molecule has 2 N–H and O–H groups in total. The summed E-state index contributed by atoms with van der Waals surface area (Å²) in [5, 5.41) is 4.60. The Balaban J connectivity index is 1.89. The van der Waals surface area contributed by atoms with Crippen molar-refractivity contribution in [2.45, 2.75) is 45.2 Å². The number of hydrogen-bond acceptors (Lipinski definition) is 5. The fourth-order valence-electron chi connectivity index (χ4n) is 3.32. The van der Waals surface area contributed by atoms with Crippen molar-refractivity contribution in [1.82, 2.24) is 14.7 Å². The zero-order chi connectivity index (χ0) is 18.7. The molecule has 0 radical (unpaired) electrons. The standard InChI is InChI=1S/C19H24N4O3/c1-3-4-5-15-10-18(20)23(21-15)16-7-6-13-9-17(19(25)26-2)22(12-24)11-14(13)8-16/h6-8,10,12,17H,3-5,9,11,20H2,1-2H3. The van der Waals surface area contributed by atoms with E-state index >= 15 is 0 Å². The van der Waals surface area contributed by atoms with Crippen molar-refractivity contribution in [3.05, 3.63) is 41.1 Å². The van der Waals surface area contributed by atoms with Gasteiger partial charge in [-0.05, 0) is 36.1 Å². The maximum absolute atomic E-state index is 11.9. The van der Waals surface area contributed by atoms with Gasteiger partial charge in [0, 0.05) is 19.0 Å². The van der Waals surface area contributed by atoms with Crippen LogP contribution in [0.1, 0.15) is 36.6 Å². The SMILES string of the molecule is CCCCc1cc(N)n(-c2ccc3c(c2)CN(C=O)C(C(=O)OC)C3)n1. The largest absolute Gasteiger partial charge is 0.467 e. The van der Waals surface area contributed by atoms with E-state index in [1.54, 1.807) is 4.68 Å². The van der Waals surface area contributed by atoms with E-state index in [4.69, 9.17) is 10.5 Å². The van der Waals surface area contributed by atoms with Gasteiger partial charge in [-0.2, -0.15) is 5.10 Å². The molecule has 7 nitrogen and oxygen atoms in total. The molecule has 2 aromatic rings. The number of nitrogens with two attached hydrogens (primary N) is 1. The van der Waals surface area contributed by atoms with E-state index in [0.717, 1.165) is 41.8 Å². The number of unbranched alkanes of at least 4 members (excludes halogenated alkanes) is 1. The van der Waals surface area contributed by atoms with Crippen LogP contribution in [-0.4, -0.2) is 40.2 Å². The summed E-state index contributed by atoms with van der Waals surface area (Å²) in [5.74, 6) is 0.190. The highest BCUT2D eigenvalue weighted by molar-refractivity contribution is 5.79. The average Bonchev–Trinajstić information content (AvgIpc) is 3.04. The van der Waals surface area contributed by atoms with Crippen LogP contribution >= 0.6 is 0 Å². The molecule has 3 rings (SSSR count). The molecular weight excluding hydrogens is 332 g/mol. The molecule has 26 heavy (non-hydrogen) atoms. The first-order valence-electron chi connectivity index (χ1n) is 8.82. The van der Waals surface area contributed by atoms with Crippen LogP contribution in [-0.2, 0) is 33.7 Å². The lowest BCUT2D eigenvalue weighted by Gasteiger charge is -2.32. The van der Waals surface area contributed by atoms with Gasteiger partial charge in [0.1, 0.15) is 11.9 Å². The van der Waals surface area contributed by atoms with Crippen LogP contribution in [0.3, 0.4) is 0 Å². The van der Waals surface area contributed by atoms with Crippen molar-refractivity contribution in [3.8, 4) is 5.69 Å². The Morgan fingerprint density at radius 2 is 2.19 bits per heavy atom. The Morgan fingerprint density at radius 3 is 2.88 bits per heavy atom. The van der Waals surface area contributed by atoms with Crippen molar-refractivity contribution in [3.63, 3.8) is 0 Å². The van der Waals surface area contributed by atoms with E-state index < -0.39 is 12.0 Å². The van der Waals surface area contributed by atoms with Crippen molar-refractivity contribution < 1.29 is 14.3 Å². The van der Waals surface area contributed by atoms with Crippen LogP contribution in [0, 0.1) is 0 Å². The fraction of sp³-hybridized carbons (Fsp3) is 0.421.